The lowest BCUT2D eigenvalue weighted by molar-refractivity contribution is 0.301. The molecule has 0 aliphatic carbocycles. The van der Waals surface area contributed by atoms with Crippen LogP contribution in [0.4, 0.5) is 4.39 Å². The van der Waals surface area contributed by atoms with E-state index in [2.05, 4.69) is 34.1 Å². The molecule has 1 aliphatic heterocycles. The average molecular weight is 432 g/mol. The zero-order valence-electron chi connectivity index (χ0n) is 14.8. The SMILES string of the molecule is Fc1ccc2c(c1)-c1nc(-c3ccc(Br)cc3)cc(-c3ccccc3)c1CO2. The maximum Gasteiger partial charge on any atom is 0.129 e. The summed E-state index contributed by atoms with van der Waals surface area (Å²) in [4.78, 5) is 4.92. The predicted molar refractivity (Wildman–Crippen MR) is 113 cm³/mol. The maximum atomic E-state index is 14.0. The van der Waals surface area contributed by atoms with Crippen LogP contribution in [-0.2, 0) is 6.61 Å². The van der Waals surface area contributed by atoms with Crippen LogP contribution in [-0.4, -0.2) is 4.98 Å². The Morgan fingerprint density at radius 1 is 0.821 bits per heavy atom. The molecule has 3 aromatic carbocycles. The fourth-order valence-corrected chi connectivity index (χ4v) is 3.81. The highest BCUT2D eigenvalue weighted by molar-refractivity contribution is 9.10. The lowest BCUT2D eigenvalue weighted by Gasteiger charge is -2.23. The lowest BCUT2D eigenvalue weighted by Crippen LogP contribution is -2.10. The van der Waals surface area contributed by atoms with Crippen molar-refractivity contribution in [2.24, 2.45) is 0 Å². The van der Waals surface area contributed by atoms with Crippen LogP contribution < -0.4 is 4.74 Å². The van der Waals surface area contributed by atoms with Crippen molar-refractivity contribution in [3.63, 3.8) is 0 Å². The number of halogens is 2. The number of aromatic nitrogens is 1. The minimum atomic E-state index is -0.299. The summed E-state index contributed by atoms with van der Waals surface area (Å²) in [6, 6.07) is 24.9. The smallest absolute Gasteiger partial charge is 0.129 e. The van der Waals surface area contributed by atoms with Gasteiger partial charge in [0.15, 0.2) is 0 Å². The van der Waals surface area contributed by atoms with E-state index >= 15 is 0 Å². The van der Waals surface area contributed by atoms with E-state index in [1.807, 2.05) is 42.5 Å². The Balaban J connectivity index is 1.80. The largest absolute Gasteiger partial charge is 0.488 e. The monoisotopic (exact) mass is 431 g/mol. The van der Waals surface area contributed by atoms with E-state index in [1.165, 1.54) is 12.1 Å². The first-order chi connectivity index (χ1) is 13.7. The number of ether oxygens (including phenoxy) is 1. The Bertz CT molecular complexity index is 1170. The number of hydrogen-bond acceptors (Lipinski definition) is 2. The normalized spacial score (nSPS) is 12.1. The lowest BCUT2D eigenvalue weighted by atomic mass is 9.92. The molecule has 1 aliphatic rings. The van der Waals surface area contributed by atoms with Gasteiger partial charge in [-0.05, 0) is 47.5 Å². The van der Waals surface area contributed by atoms with Crippen LogP contribution in [0.15, 0.2) is 83.3 Å². The molecular weight excluding hydrogens is 417 g/mol. The van der Waals surface area contributed by atoms with Crippen molar-refractivity contribution in [3.05, 3.63) is 94.7 Å². The van der Waals surface area contributed by atoms with Gasteiger partial charge in [0.2, 0.25) is 0 Å². The summed E-state index contributed by atoms with van der Waals surface area (Å²) in [5, 5.41) is 0. The van der Waals surface area contributed by atoms with Crippen molar-refractivity contribution < 1.29 is 9.13 Å². The number of hydrogen-bond donors (Lipinski definition) is 0. The molecule has 0 saturated carbocycles. The molecule has 2 heterocycles. The van der Waals surface area contributed by atoms with Gasteiger partial charge in [-0.15, -0.1) is 0 Å². The molecule has 0 N–H and O–H groups in total. The van der Waals surface area contributed by atoms with Crippen LogP contribution in [0.2, 0.25) is 0 Å². The molecule has 5 rings (SSSR count). The summed E-state index contributed by atoms with van der Waals surface area (Å²) in [7, 11) is 0. The molecule has 4 aromatic rings. The third kappa shape index (κ3) is 3.00. The van der Waals surface area contributed by atoms with Crippen molar-refractivity contribution in [2.75, 3.05) is 0 Å². The van der Waals surface area contributed by atoms with Crippen LogP contribution in [0.5, 0.6) is 5.75 Å². The van der Waals surface area contributed by atoms with Gasteiger partial charge >= 0.3 is 0 Å². The first-order valence-corrected chi connectivity index (χ1v) is 9.76. The Morgan fingerprint density at radius 2 is 1.61 bits per heavy atom. The van der Waals surface area contributed by atoms with Gasteiger partial charge < -0.3 is 4.74 Å². The van der Waals surface area contributed by atoms with E-state index in [-0.39, 0.29) is 5.82 Å². The van der Waals surface area contributed by atoms with E-state index in [9.17, 15) is 4.39 Å². The van der Waals surface area contributed by atoms with Gasteiger partial charge in [0.1, 0.15) is 18.2 Å². The summed E-state index contributed by atoms with van der Waals surface area (Å²) in [5.74, 6) is 0.362. The van der Waals surface area contributed by atoms with Gasteiger partial charge in [0.25, 0.3) is 0 Å². The molecule has 0 bridgehead atoms. The Kier molecular flexibility index (Phi) is 4.21. The summed E-state index contributed by atoms with van der Waals surface area (Å²) in [6.45, 7) is 0.409. The van der Waals surface area contributed by atoms with E-state index < -0.39 is 0 Å². The minimum absolute atomic E-state index is 0.299. The number of benzene rings is 3. The second-order valence-electron chi connectivity index (χ2n) is 6.68. The first kappa shape index (κ1) is 17.1. The number of nitrogens with zero attached hydrogens (tertiary/aromatic N) is 1. The van der Waals surface area contributed by atoms with E-state index in [0.29, 0.717) is 17.9 Å². The summed E-state index contributed by atoms with van der Waals surface area (Å²) >= 11 is 3.48. The molecule has 0 atom stereocenters. The standard InChI is InChI=1S/C24H15BrFNO/c25-17-8-6-16(7-9-17)22-13-19(15-4-2-1-3-5-15)21-14-28-23-11-10-18(26)12-20(23)24(21)27-22/h1-13H,14H2. The molecule has 136 valence electrons. The molecule has 0 radical (unpaired) electrons. The van der Waals surface area contributed by atoms with Gasteiger partial charge in [-0.25, -0.2) is 9.37 Å². The van der Waals surface area contributed by atoms with Crippen LogP contribution in [0.25, 0.3) is 33.6 Å². The third-order valence-corrected chi connectivity index (χ3v) is 5.45. The van der Waals surface area contributed by atoms with Gasteiger partial charge in [0.05, 0.1) is 11.4 Å². The molecular formula is C24H15BrFNO. The van der Waals surface area contributed by atoms with Crippen LogP contribution in [0.1, 0.15) is 5.56 Å². The van der Waals surface area contributed by atoms with Gasteiger partial charge in [-0.3, -0.25) is 0 Å². The highest BCUT2D eigenvalue weighted by Crippen LogP contribution is 2.42. The Labute approximate surface area is 170 Å². The third-order valence-electron chi connectivity index (χ3n) is 4.92. The molecule has 1 aromatic heterocycles. The number of pyridine rings is 1. The highest BCUT2D eigenvalue weighted by atomic mass is 79.9. The van der Waals surface area contributed by atoms with E-state index in [4.69, 9.17) is 9.72 Å². The summed E-state index contributed by atoms with van der Waals surface area (Å²) in [6.07, 6.45) is 0. The minimum Gasteiger partial charge on any atom is -0.488 e. The quantitative estimate of drug-likeness (QED) is 0.345. The molecule has 0 spiro atoms. The van der Waals surface area contributed by atoms with E-state index in [1.54, 1.807) is 6.07 Å². The first-order valence-electron chi connectivity index (χ1n) is 8.97. The molecule has 28 heavy (non-hydrogen) atoms. The molecule has 4 heteroatoms. The number of fused-ring (bicyclic) bond motifs is 3. The molecule has 0 fully saturated rings. The van der Waals surface area contributed by atoms with E-state index in [0.717, 1.165) is 38.1 Å². The second kappa shape index (κ2) is 6.88. The predicted octanol–water partition coefficient (Wildman–Crippen LogP) is 6.88. The fourth-order valence-electron chi connectivity index (χ4n) is 3.55. The van der Waals surface area contributed by atoms with Crippen molar-refractivity contribution in [1.29, 1.82) is 0 Å². The van der Waals surface area contributed by atoms with Crippen LogP contribution in [0.3, 0.4) is 0 Å². The van der Waals surface area contributed by atoms with Gasteiger partial charge in [-0.1, -0.05) is 58.4 Å². The molecule has 2 nitrogen and oxygen atoms in total. The van der Waals surface area contributed by atoms with Crippen molar-refractivity contribution in [3.8, 4) is 39.4 Å². The van der Waals surface area contributed by atoms with Crippen molar-refractivity contribution in [2.45, 2.75) is 6.61 Å². The maximum absolute atomic E-state index is 14.0. The molecule has 0 amide bonds. The van der Waals surface area contributed by atoms with Crippen molar-refractivity contribution >= 4 is 15.9 Å². The zero-order valence-corrected chi connectivity index (χ0v) is 16.4. The summed E-state index contributed by atoms with van der Waals surface area (Å²) in [5.41, 5.74) is 6.44. The van der Waals surface area contributed by atoms with Gasteiger partial charge in [0, 0.05) is 21.2 Å². The molecule has 0 saturated heterocycles. The topological polar surface area (TPSA) is 22.1 Å². The fraction of sp³-hybridized carbons (Fsp3) is 0.0417. The number of rotatable bonds is 2. The second-order valence-corrected chi connectivity index (χ2v) is 7.60. The Hall–Kier alpha value is -2.98. The van der Waals surface area contributed by atoms with Crippen molar-refractivity contribution in [1.82, 2.24) is 4.98 Å². The van der Waals surface area contributed by atoms with Crippen LogP contribution >= 0.6 is 15.9 Å². The highest BCUT2D eigenvalue weighted by Gasteiger charge is 2.24. The average Bonchev–Trinajstić information content (AvgIpc) is 2.74. The van der Waals surface area contributed by atoms with Gasteiger partial charge in [-0.2, -0.15) is 0 Å². The molecule has 0 unspecified atom stereocenters. The zero-order chi connectivity index (χ0) is 19.1. The van der Waals surface area contributed by atoms with Crippen LogP contribution in [0, 0.1) is 5.82 Å². The Morgan fingerprint density at radius 3 is 2.39 bits per heavy atom. The summed E-state index contributed by atoms with van der Waals surface area (Å²) < 4.78 is 20.9.